The van der Waals surface area contributed by atoms with Crippen molar-refractivity contribution in [2.24, 2.45) is 0 Å². The van der Waals surface area contributed by atoms with Crippen LogP contribution in [0.3, 0.4) is 0 Å². The van der Waals surface area contributed by atoms with Crippen molar-refractivity contribution in [1.29, 1.82) is 0 Å². The lowest BCUT2D eigenvalue weighted by atomic mass is 10.1. The summed E-state index contributed by atoms with van der Waals surface area (Å²) in [5.41, 5.74) is 5.97. The van der Waals surface area contributed by atoms with Crippen molar-refractivity contribution in [2.75, 3.05) is 37.8 Å². The van der Waals surface area contributed by atoms with Crippen LogP contribution in [0.4, 0.5) is 11.5 Å². The SMILES string of the molecule is Cc1cccc(Cn2nc(C3CC3)c3c(NC(=O)c4csc5c(NCCN(C)C)ncnc45)cccc32)n1. The molecule has 6 rings (SSSR count). The zero-order valence-electron chi connectivity index (χ0n) is 21.7. The number of benzene rings is 1. The molecular formula is C28H30N8OS. The highest BCUT2D eigenvalue weighted by Crippen LogP contribution is 2.44. The Balaban J connectivity index is 1.31. The number of carbonyl (C=O) groups is 1. The predicted molar refractivity (Wildman–Crippen MR) is 152 cm³/mol. The molecule has 0 atom stereocenters. The number of carbonyl (C=O) groups excluding carboxylic acids is 1. The first-order chi connectivity index (χ1) is 18.5. The van der Waals surface area contributed by atoms with Gasteiger partial charge in [-0.25, -0.2) is 9.97 Å². The van der Waals surface area contributed by atoms with Gasteiger partial charge in [0.15, 0.2) is 0 Å². The minimum Gasteiger partial charge on any atom is -0.367 e. The summed E-state index contributed by atoms with van der Waals surface area (Å²) in [6, 6.07) is 12.0. The average molecular weight is 527 g/mol. The van der Waals surface area contributed by atoms with E-state index in [0.717, 1.165) is 70.1 Å². The number of rotatable bonds is 9. The summed E-state index contributed by atoms with van der Waals surface area (Å²) in [7, 11) is 4.06. The molecule has 1 aliphatic carbocycles. The summed E-state index contributed by atoms with van der Waals surface area (Å²) in [4.78, 5) is 29.2. The van der Waals surface area contributed by atoms with Crippen molar-refractivity contribution in [3.8, 4) is 0 Å². The van der Waals surface area contributed by atoms with Gasteiger partial charge in [0.05, 0.1) is 44.9 Å². The highest BCUT2D eigenvalue weighted by Gasteiger charge is 2.31. The fourth-order valence-corrected chi connectivity index (χ4v) is 5.66. The molecule has 0 saturated heterocycles. The molecule has 1 aromatic carbocycles. The molecule has 1 saturated carbocycles. The molecular weight excluding hydrogens is 496 g/mol. The molecule has 0 aliphatic heterocycles. The molecule has 2 N–H and O–H groups in total. The number of likely N-dealkylation sites (N-methyl/N-ethyl adjacent to an activating group) is 1. The van der Waals surface area contributed by atoms with E-state index in [1.54, 1.807) is 0 Å². The number of hydrogen-bond acceptors (Lipinski definition) is 8. The van der Waals surface area contributed by atoms with E-state index in [-0.39, 0.29) is 5.91 Å². The van der Waals surface area contributed by atoms with E-state index in [1.807, 2.05) is 61.4 Å². The largest absolute Gasteiger partial charge is 0.367 e. The van der Waals surface area contributed by atoms with Crippen molar-refractivity contribution in [1.82, 2.24) is 29.6 Å². The van der Waals surface area contributed by atoms with Gasteiger partial charge in [0, 0.05) is 35.5 Å². The molecule has 0 radical (unpaired) electrons. The van der Waals surface area contributed by atoms with Gasteiger partial charge in [0.25, 0.3) is 5.91 Å². The van der Waals surface area contributed by atoms with E-state index < -0.39 is 0 Å². The van der Waals surface area contributed by atoms with E-state index in [0.29, 0.717) is 23.5 Å². The van der Waals surface area contributed by atoms with E-state index in [9.17, 15) is 4.79 Å². The summed E-state index contributed by atoms with van der Waals surface area (Å²) >= 11 is 1.48. The van der Waals surface area contributed by atoms with E-state index >= 15 is 0 Å². The zero-order chi connectivity index (χ0) is 26.2. The number of aryl methyl sites for hydroxylation is 1. The molecule has 0 unspecified atom stereocenters. The Labute approximate surface area is 224 Å². The Morgan fingerprint density at radius 3 is 2.79 bits per heavy atom. The molecule has 1 amide bonds. The van der Waals surface area contributed by atoms with Crippen molar-refractivity contribution in [2.45, 2.75) is 32.2 Å². The third-order valence-electron chi connectivity index (χ3n) is 6.72. The summed E-state index contributed by atoms with van der Waals surface area (Å²) in [6.45, 7) is 4.21. The molecule has 4 heterocycles. The van der Waals surface area contributed by atoms with Crippen molar-refractivity contribution >= 4 is 49.9 Å². The molecule has 0 spiro atoms. The van der Waals surface area contributed by atoms with E-state index in [1.165, 1.54) is 17.7 Å². The first-order valence-electron chi connectivity index (χ1n) is 12.8. The van der Waals surface area contributed by atoms with Crippen LogP contribution >= 0.6 is 11.3 Å². The maximum Gasteiger partial charge on any atom is 0.258 e. The van der Waals surface area contributed by atoms with E-state index in [4.69, 9.17) is 5.10 Å². The van der Waals surface area contributed by atoms with Crippen LogP contribution in [0.25, 0.3) is 21.1 Å². The zero-order valence-corrected chi connectivity index (χ0v) is 22.5. The topological polar surface area (TPSA) is 101 Å². The van der Waals surface area contributed by atoms with Gasteiger partial charge >= 0.3 is 0 Å². The lowest BCUT2D eigenvalue weighted by molar-refractivity contribution is 0.102. The summed E-state index contributed by atoms with van der Waals surface area (Å²) < 4.78 is 2.89. The number of thiophene rings is 1. The summed E-state index contributed by atoms with van der Waals surface area (Å²) in [6.07, 6.45) is 3.75. The first-order valence-corrected chi connectivity index (χ1v) is 13.7. The van der Waals surface area contributed by atoms with Crippen LogP contribution in [0.15, 0.2) is 48.1 Å². The Morgan fingerprint density at radius 1 is 1.16 bits per heavy atom. The smallest absolute Gasteiger partial charge is 0.258 e. The quantitative estimate of drug-likeness (QED) is 0.282. The fraction of sp³-hybridized carbons (Fsp3) is 0.321. The van der Waals surface area contributed by atoms with Gasteiger partial charge in [-0.3, -0.25) is 14.5 Å². The second kappa shape index (κ2) is 10.1. The van der Waals surface area contributed by atoms with Gasteiger partial charge in [-0.1, -0.05) is 12.1 Å². The van der Waals surface area contributed by atoms with Crippen molar-refractivity contribution < 1.29 is 4.79 Å². The molecule has 5 aromatic rings. The third kappa shape index (κ3) is 4.84. The number of nitrogens with zero attached hydrogens (tertiary/aromatic N) is 6. The van der Waals surface area contributed by atoms with Gasteiger partial charge in [0.2, 0.25) is 0 Å². The Morgan fingerprint density at radius 2 is 2.00 bits per heavy atom. The highest BCUT2D eigenvalue weighted by molar-refractivity contribution is 7.18. The molecule has 0 bridgehead atoms. The monoisotopic (exact) mass is 526 g/mol. The van der Waals surface area contributed by atoms with Crippen LogP contribution in [0.1, 0.15) is 46.2 Å². The van der Waals surface area contributed by atoms with Crippen LogP contribution < -0.4 is 10.6 Å². The number of hydrogen-bond donors (Lipinski definition) is 2. The Hall–Kier alpha value is -3.89. The van der Waals surface area contributed by atoms with Gasteiger partial charge in [0.1, 0.15) is 12.1 Å². The number of pyridine rings is 1. The molecule has 1 aliphatic rings. The van der Waals surface area contributed by atoms with Crippen molar-refractivity contribution in [3.05, 3.63) is 70.8 Å². The second-order valence-corrected chi connectivity index (χ2v) is 10.9. The van der Waals surface area contributed by atoms with Crippen LogP contribution in [0, 0.1) is 6.92 Å². The van der Waals surface area contributed by atoms with Gasteiger partial charge < -0.3 is 15.5 Å². The minimum absolute atomic E-state index is 0.184. The summed E-state index contributed by atoms with van der Waals surface area (Å²) in [5, 5.41) is 14.4. The molecule has 1 fully saturated rings. The molecule has 10 heteroatoms. The van der Waals surface area contributed by atoms with Gasteiger partial charge in [-0.05, 0) is 58.1 Å². The van der Waals surface area contributed by atoms with Crippen LogP contribution in [0.5, 0.6) is 0 Å². The first kappa shape index (κ1) is 24.4. The lowest BCUT2D eigenvalue weighted by Gasteiger charge is -2.11. The number of anilines is 2. The normalized spacial score (nSPS) is 13.5. The number of aromatic nitrogens is 5. The lowest BCUT2D eigenvalue weighted by Crippen LogP contribution is -2.21. The van der Waals surface area contributed by atoms with Crippen LogP contribution in [0.2, 0.25) is 0 Å². The standard InChI is InChI=1S/C28H30N8OS/c1-17-6-4-7-19(32-17)14-36-22-9-5-8-21(23(22)24(34-36)18-10-11-18)33-28(37)20-15-38-26-25(20)30-16-31-27(26)29-12-13-35(2)3/h4-9,15-16,18H,10-14H2,1-3H3,(H,33,37)(H,29,30,31). The van der Waals surface area contributed by atoms with Crippen LogP contribution in [-0.4, -0.2) is 62.7 Å². The number of amides is 1. The van der Waals surface area contributed by atoms with Crippen molar-refractivity contribution in [3.63, 3.8) is 0 Å². The Kier molecular flexibility index (Phi) is 6.50. The number of nitrogens with one attached hydrogen (secondary N) is 2. The van der Waals surface area contributed by atoms with Gasteiger partial charge in [-0.2, -0.15) is 5.10 Å². The van der Waals surface area contributed by atoms with Gasteiger partial charge in [-0.15, -0.1) is 11.3 Å². The molecule has 38 heavy (non-hydrogen) atoms. The second-order valence-electron chi connectivity index (χ2n) is 10.0. The van der Waals surface area contributed by atoms with E-state index in [2.05, 4.69) is 36.6 Å². The number of fused-ring (bicyclic) bond motifs is 2. The molecule has 194 valence electrons. The molecule has 9 nitrogen and oxygen atoms in total. The maximum atomic E-state index is 13.6. The highest BCUT2D eigenvalue weighted by atomic mass is 32.1. The van der Waals surface area contributed by atoms with Crippen LogP contribution in [-0.2, 0) is 6.54 Å². The predicted octanol–water partition coefficient (Wildman–Crippen LogP) is 4.90. The third-order valence-corrected chi connectivity index (χ3v) is 7.70. The molecule has 4 aromatic heterocycles. The fourth-order valence-electron chi connectivity index (χ4n) is 4.69. The summed E-state index contributed by atoms with van der Waals surface area (Å²) in [5.74, 6) is 0.995. The minimum atomic E-state index is -0.184. The maximum absolute atomic E-state index is 13.6. The Bertz CT molecular complexity index is 1640. The average Bonchev–Trinajstić information content (AvgIpc) is 3.53.